The molecule has 0 spiro atoms. The number of rotatable bonds is 8. The summed E-state index contributed by atoms with van der Waals surface area (Å²) in [6, 6.07) is 15.2. The lowest BCUT2D eigenvalue weighted by Crippen LogP contribution is -2.57. The van der Waals surface area contributed by atoms with E-state index in [0.29, 0.717) is 17.4 Å². The van der Waals surface area contributed by atoms with Crippen LogP contribution in [-0.2, 0) is 10.2 Å². The fourth-order valence-electron chi connectivity index (χ4n) is 7.77. The van der Waals surface area contributed by atoms with Crippen LogP contribution in [0.15, 0.2) is 48.8 Å². The monoisotopic (exact) mass is 647 g/mol. The first-order chi connectivity index (χ1) is 22.9. The lowest BCUT2D eigenvalue weighted by molar-refractivity contribution is -0.123. The Labute approximate surface area is 284 Å². The van der Waals surface area contributed by atoms with Crippen molar-refractivity contribution in [2.75, 3.05) is 23.3 Å². The molecule has 48 heavy (non-hydrogen) atoms. The molecule has 2 amide bonds. The van der Waals surface area contributed by atoms with Gasteiger partial charge in [0.05, 0.1) is 23.0 Å². The summed E-state index contributed by atoms with van der Waals surface area (Å²) < 4.78 is 2.12. The van der Waals surface area contributed by atoms with Gasteiger partial charge in [0, 0.05) is 46.7 Å². The van der Waals surface area contributed by atoms with Crippen molar-refractivity contribution in [3.63, 3.8) is 0 Å². The molecule has 2 aliphatic heterocycles. The van der Waals surface area contributed by atoms with Crippen molar-refractivity contribution in [3.05, 3.63) is 65.5 Å². The van der Waals surface area contributed by atoms with Crippen LogP contribution in [0.25, 0.3) is 22.3 Å². The van der Waals surface area contributed by atoms with Crippen molar-refractivity contribution in [2.24, 2.45) is 0 Å². The number of nitrogens with one attached hydrogen (secondary N) is 2. The smallest absolute Gasteiger partial charge is 0.251 e. The maximum absolute atomic E-state index is 14.0. The number of carbonyl (C=O) groups is 2. The number of fused-ring (bicyclic) bond motifs is 2. The topological polar surface area (TPSA) is 95.4 Å². The summed E-state index contributed by atoms with van der Waals surface area (Å²) >= 11 is 0. The van der Waals surface area contributed by atoms with Gasteiger partial charge >= 0.3 is 0 Å². The second-order valence-corrected chi connectivity index (χ2v) is 15.2. The molecule has 0 atom stereocenters. The maximum Gasteiger partial charge on any atom is 0.251 e. The average molecular weight is 648 g/mol. The fraction of sp³-hybridized carbons (Fsp3) is 0.487. The second kappa shape index (κ2) is 12.3. The molecule has 1 aliphatic carbocycles. The van der Waals surface area contributed by atoms with Gasteiger partial charge in [0.1, 0.15) is 5.52 Å². The molecule has 7 rings (SSSR count). The van der Waals surface area contributed by atoms with E-state index in [0.717, 1.165) is 57.6 Å². The van der Waals surface area contributed by atoms with Gasteiger partial charge in [-0.15, -0.1) is 0 Å². The van der Waals surface area contributed by atoms with Crippen LogP contribution in [-0.4, -0.2) is 62.5 Å². The number of aryl methyl sites for hydroxylation is 1. The van der Waals surface area contributed by atoms with E-state index in [1.807, 2.05) is 51.4 Å². The summed E-state index contributed by atoms with van der Waals surface area (Å²) in [5, 5.41) is 6.56. The van der Waals surface area contributed by atoms with E-state index >= 15 is 0 Å². The zero-order chi connectivity index (χ0) is 33.9. The zero-order valence-corrected chi connectivity index (χ0v) is 29.4. The van der Waals surface area contributed by atoms with Crippen LogP contribution in [0.1, 0.15) is 101 Å². The molecule has 1 saturated carbocycles. The first-order valence-electron chi connectivity index (χ1n) is 17.7. The molecule has 0 unspecified atom stereocenters. The minimum Gasteiger partial charge on any atom is -0.350 e. The number of imidazole rings is 1. The van der Waals surface area contributed by atoms with Crippen molar-refractivity contribution >= 4 is 40.0 Å². The lowest BCUT2D eigenvalue weighted by Gasteiger charge is -2.48. The van der Waals surface area contributed by atoms with Gasteiger partial charge < -0.3 is 25.0 Å². The van der Waals surface area contributed by atoms with Crippen LogP contribution in [0.4, 0.5) is 17.2 Å². The minimum atomic E-state index is -0.574. The number of nitrogens with zero attached hydrogens (tertiary/aromatic N) is 5. The Morgan fingerprint density at radius 3 is 2.42 bits per heavy atom. The van der Waals surface area contributed by atoms with E-state index in [4.69, 9.17) is 9.97 Å². The second-order valence-electron chi connectivity index (χ2n) is 15.2. The molecule has 0 radical (unpaired) electrons. The van der Waals surface area contributed by atoms with E-state index < -0.39 is 5.41 Å². The van der Waals surface area contributed by atoms with E-state index in [9.17, 15) is 9.59 Å². The highest BCUT2D eigenvalue weighted by atomic mass is 16.2. The SMILES string of the molecule is Cc1ccc(Nc2nc(-c3ccc4c(c3)N(C3CC(N5CCCCC5)C3)C(=O)C4(C)C)cc3ncn(C(C)C)c23)cc1C(=O)NC(C)C. The van der Waals surface area contributed by atoms with E-state index in [-0.39, 0.29) is 29.9 Å². The van der Waals surface area contributed by atoms with Crippen molar-refractivity contribution in [2.45, 2.75) is 110 Å². The van der Waals surface area contributed by atoms with E-state index in [2.05, 4.69) is 70.9 Å². The predicted molar refractivity (Wildman–Crippen MR) is 193 cm³/mol. The third-order valence-corrected chi connectivity index (χ3v) is 10.6. The third kappa shape index (κ3) is 5.66. The number of hydrogen-bond acceptors (Lipinski definition) is 6. The average Bonchev–Trinajstić information content (AvgIpc) is 3.55. The summed E-state index contributed by atoms with van der Waals surface area (Å²) in [4.78, 5) is 41.7. The molecule has 4 aromatic rings. The molecule has 3 aliphatic rings. The standard InChI is InChI=1S/C39H49N7O2/c1-23(2)41-37(47)30-18-27(13-11-25(30)5)42-36-35-33(40-22-45(35)24(3)4)21-32(43-36)26-12-14-31-34(17-26)46(38(48)39(31,6)7)29-19-28(20-29)44-15-9-8-10-16-44/h11-14,17-18,21-24,28-29H,8-10,15-16,19-20H2,1-7H3,(H,41,47)(H,42,43). The van der Waals surface area contributed by atoms with Gasteiger partial charge in [-0.2, -0.15) is 0 Å². The number of piperidine rings is 1. The summed E-state index contributed by atoms with van der Waals surface area (Å²) in [5.74, 6) is 0.763. The van der Waals surface area contributed by atoms with Crippen molar-refractivity contribution in [1.29, 1.82) is 0 Å². The normalized spacial score (nSPS) is 20.8. The third-order valence-electron chi connectivity index (χ3n) is 10.6. The molecular formula is C39H49N7O2. The van der Waals surface area contributed by atoms with Crippen LogP contribution in [0.5, 0.6) is 0 Å². The van der Waals surface area contributed by atoms with Crippen LogP contribution < -0.4 is 15.5 Å². The number of hydrogen-bond donors (Lipinski definition) is 2. The van der Waals surface area contributed by atoms with Gasteiger partial charge in [-0.1, -0.05) is 24.6 Å². The first-order valence-corrected chi connectivity index (χ1v) is 17.7. The Balaban J connectivity index is 1.25. The Hall–Kier alpha value is -4.24. The zero-order valence-electron chi connectivity index (χ0n) is 29.4. The van der Waals surface area contributed by atoms with E-state index in [1.54, 1.807) is 0 Å². The first kappa shape index (κ1) is 32.3. The molecule has 2 aromatic carbocycles. The number of pyridine rings is 1. The van der Waals surface area contributed by atoms with Crippen molar-refractivity contribution in [1.82, 2.24) is 24.8 Å². The molecule has 9 nitrogen and oxygen atoms in total. The molecule has 1 saturated heterocycles. The predicted octanol–water partition coefficient (Wildman–Crippen LogP) is 7.51. The number of anilines is 3. The summed E-state index contributed by atoms with van der Waals surface area (Å²) in [6.07, 6.45) is 7.83. The van der Waals surface area contributed by atoms with Crippen LogP contribution in [0.3, 0.4) is 0 Å². The minimum absolute atomic E-state index is 0.0383. The number of likely N-dealkylation sites (tertiary alicyclic amines) is 1. The van der Waals surface area contributed by atoms with Gasteiger partial charge in [-0.25, -0.2) is 9.97 Å². The maximum atomic E-state index is 14.0. The van der Waals surface area contributed by atoms with Gasteiger partial charge in [-0.05, 0) is 123 Å². The van der Waals surface area contributed by atoms with E-state index in [1.165, 1.54) is 32.4 Å². The van der Waals surface area contributed by atoms with Crippen LogP contribution in [0.2, 0.25) is 0 Å². The molecule has 2 fully saturated rings. The Kier molecular flexibility index (Phi) is 8.30. The molecule has 0 bridgehead atoms. The largest absolute Gasteiger partial charge is 0.350 e. The summed E-state index contributed by atoms with van der Waals surface area (Å²) in [6.45, 7) is 16.6. The Morgan fingerprint density at radius 2 is 1.71 bits per heavy atom. The van der Waals surface area contributed by atoms with Crippen LogP contribution in [0, 0.1) is 6.92 Å². The highest BCUT2D eigenvalue weighted by molar-refractivity contribution is 6.09. The lowest BCUT2D eigenvalue weighted by atomic mass is 9.82. The number of aromatic nitrogens is 3. The Bertz CT molecular complexity index is 1880. The molecule has 2 aromatic heterocycles. The number of amides is 2. The Morgan fingerprint density at radius 1 is 0.958 bits per heavy atom. The molecule has 9 heteroatoms. The number of benzene rings is 2. The van der Waals surface area contributed by atoms with Gasteiger partial charge in [0.15, 0.2) is 5.82 Å². The van der Waals surface area contributed by atoms with Crippen molar-refractivity contribution < 1.29 is 9.59 Å². The highest BCUT2D eigenvalue weighted by Crippen LogP contribution is 2.48. The van der Waals surface area contributed by atoms with Gasteiger partial charge in [0.25, 0.3) is 5.91 Å². The molecule has 252 valence electrons. The summed E-state index contributed by atoms with van der Waals surface area (Å²) in [7, 11) is 0. The molecular weight excluding hydrogens is 598 g/mol. The van der Waals surface area contributed by atoms with Crippen molar-refractivity contribution in [3.8, 4) is 11.3 Å². The van der Waals surface area contributed by atoms with Gasteiger partial charge in [-0.3, -0.25) is 9.59 Å². The summed E-state index contributed by atoms with van der Waals surface area (Å²) in [5.41, 5.74) is 7.28. The fourth-order valence-corrected chi connectivity index (χ4v) is 7.77. The van der Waals surface area contributed by atoms with Gasteiger partial charge in [0.2, 0.25) is 5.91 Å². The molecule has 2 N–H and O–H groups in total. The number of carbonyl (C=O) groups excluding carboxylic acids is 2. The van der Waals surface area contributed by atoms with Crippen LogP contribution >= 0.6 is 0 Å². The highest BCUT2D eigenvalue weighted by Gasteiger charge is 2.50. The molecule has 4 heterocycles. The quantitative estimate of drug-likeness (QED) is 0.206.